The van der Waals surface area contributed by atoms with Gasteiger partial charge in [0.15, 0.2) is 0 Å². The largest absolute Gasteiger partial charge is 0.394 e. The summed E-state index contributed by atoms with van der Waals surface area (Å²) in [5, 5.41) is 18.5. The van der Waals surface area contributed by atoms with Crippen molar-refractivity contribution < 1.29 is 5.11 Å². The molecule has 0 bridgehead atoms. The predicted octanol–water partition coefficient (Wildman–Crippen LogP) is -0.654. The number of aliphatic hydroxyl groups is 1. The smallest absolute Gasteiger partial charge is 0.0916 e. The lowest BCUT2D eigenvalue weighted by Crippen LogP contribution is -2.50. The van der Waals surface area contributed by atoms with Crippen molar-refractivity contribution in [2.24, 2.45) is 5.73 Å². The molecule has 0 saturated heterocycles. The van der Waals surface area contributed by atoms with Crippen molar-refractivity contribution in [1.29, 1.82) is 0 Å². The minimum atomic E-state index is -0.186. The van der Waals surface area contributed by atoms with Crippen molar-refractivity contribution in [1.82, 2.24) is 16.0 Å². The van der Waals surface area contributed by atoms with E-state index in [1.807, 2.05) is 12.2 Å². The first-order chi connectivity index (χ1) is 7.63. The maximum absolute atomic E-state index is 9.33. The summed E-state index contributed by atoms with van der Waals surface area (Å²) in [6.45, 7) is 8.22. The molecule has 0 saturated carbocycles. The van der Waals surface area contributed by atoms with Crippen LogP contribution in [-0.2, 0) is 0 Å². The molecule has 1 aliphatic rings. The fourth-order valence-electron chi connectivity index (χ4n) is 1.57. The van der Waals surface area contributed by atoms with E-state index in [-0.39, 0.29) is 18.7 Å². The van der Waals surface area contributed by atoms with Gasteiger partial charge in [-0.05, 0) is 6.42 Å². The first kappa shape index (κ1) is 12.4. The molecule has 1 rings (SSSR count). The number of hydrogen-bond donors (Lipinski definition) is 5. The highest BCUT2D eigenvalue weighted by Crippen LogP contribution is 2.02. The Kier molecular flexibility index (Phi) is 4.72. The molecule has 0 aromatic carbocycles. The molecule has 0 spiro atoms. The first-order valence-electron chi connectivity index (χ1n) is 5.31. The van der Waals surface area contributed by atoms with Gasteiger partial charge in [-0.15, -0.1) is 0 Å². The van der Waals surface area contributed by atoms with Gasteiger partial charge in [0, 0.05) is 6.54 Å². The van der Waals surface area contributed by atoms with Crippen molar-refractivity contribution in [2.75, 3.05) is 13.2 Å². The maximum Gasteiger partial charge on any atom is 0.0916 e. The lowest BCUT2D eigenvalue weighted by Gasteiger charge is -2.27. The highest BCUT2D eigenvalue weighted by molar-refractivity contribution is 5.08. The molecule has 0 aromatic rings. The second-order valence-electron chi connectivity index (χ2n) is 3.75. The van der Waals surface area contributed by atoms with Gasteiger partial charge in [-0.2, -0.15) is 0 Å². The summed E-state index contributed by atoms with van der Waals surface area (Å²) >= 11 is 0. The molecule has 90 valence electrons. The Hall–Kier alpha value is -1.62. The van der Waals surface area contributed by atoms with E-state index in [0.717, 1.165) is 13.0 Å². The summed E-state index contributed by atoms with van der Waals surface area (Å²) in [5.41, 5.74) is 5.52. The van der Waals surface area contributed by atoms with Crippen LogP contribution in [0.4, 0.5) is 0 Å². The molecule has 5 heteroatoms. The molecule has 0 unspecified atom stereocenters. The van der Waals surface area contributed by atoms with Crippen LogP contribution in [0.2, 0.25) is 0 Å². The summed E-state index contributed by atoms with van der Waals surface area (Å²) in [6, 6.07) is -0.284. The number of aliphatic hydroxyl groups excluding tert-OH is 1. The topological polar surface area (TPSA) is 82.3 Å². The van der Waals surface area contributed by atoms with Gasteiger partial charge in [-0.25, -0.2) is 0 Å². The standard InChI is InChI=1S/C11H20N4O/c1-8(12)14-10-5-3-4-6-13-9(2)15-11(10)7-16/h3,5,10-11,13-16H,1-2,4,6-7,12H2/t10-,11+/m1/s1. The fourth-order valence-corrected chi connectivity index (χ4v) is 1.57. The number of nitrogens with two attached hydrogens (primary N) is 1. The molecule has 1 heterocycles. The van der Waals surface area contributed by atoms with Crippen molar-refractivity contribution >= 4 is 0 Å². The minimum Gasteiger partial charge on any atom is -0.394 e. The van der Waals surface area contributed by atoms with E-state index in [1.54, 1.807) is 0 Å². The predicted molar refractivity (Wildman–Crippen MR) is 65.2 cm³/mol. The first-order valence-corrected chi connectivity index (χ1v) is 5.31. The van der Waals surface area contributed by atoms with Crippen LogP contribution in [0.25, 0.3) is 0 Å². The molecule has 1 aliphatic heterocycles. The van der Waals surface area contributed by atoms with Crippen LogP contribution in [-0.4, -0.2) is 30.3 Å². The maximum atomic E-state index is 9.33. The van der Waals surface area contributed by atoms with E-state index >= 15 is 0 Å². The van der Waals surface area contributed by atoms with Gasteiger partial charge in [-0.3, -0.25) is 0 Å². The van der Waals surface area contributed by atoms with Gasteiger partial charge in [-0.1, -0.05) is 25.3 Å². The van der Waals surface area contributed by atoms with Crippen LogP contribution in [0.3, 0.4) is 0 Å². The zero-order valence-electron chi connectivity index (χ0n) is 9.37. The summed E-state index contributed by atoms with van der Waals surface area (Å²) in [6.07, 6.45) is 4.91. The third-order valence-electron chi connectivity index (χ3n) is 2.33. The highest BCUT2D eigenvalue weighted by Gasteiger charge is 2.19. The Morgan fingerprint density at radius 1 is 1.69 bits per heavy atom. The summed E-state index contributed by atoms with van der Waals surface area (Å²) < 4.78 is 0. The van der Waals surface area contributed by atoms with Crippen LogP contribution < -0.4 is 21.7 Å². The average molecular weight is 224 g/mol. The Balaban J connectivity index is 2.74. The van der Waals surface area contributed by atoms with Gasteiger partial charge in [0.1, 0.15) is 0 Å². The molecule has 2 atom stereocenters. The van der Waals surface area contributed by atoms with Crippen LogP contribution in [0.15, 0.2) is 37.0 Å². The number of nitrogens with one attached hydrogen (secondary N) is 3. The molecule has 0 fully saturated rings. The van der Waals surface area contributed by atoms with E-state index in [2.05, 4.69) is 29.1 Å². The molecular formula is C11H20N4O. The second kappa shape index (κ2) is 6.07. The molecule has 0 aromatic heterocycles. The van der Waals surface area contributed by atoms with Gasteiger partial charge < -0.3 is 26.8 Å². The van der Waals surface area contributed by atoms with Crippen molar-refractivity contribution in [3.63, 3.8) is 0 Å². The van der Waals surface area contributed by atoms with Gasteiger partial charge in [0.05, 0.1) is 30.3 Å². The quantitative estimate of drug-likeness (QED) is 0.411. The van der Waals surface area contributed by atoms with Crippen molar-refractivity contribution in [3.8, 4) is 0 Å². The van der Waals surface area contributed by atoms with Gasteiger partial charge >= 0.3 is 0 Å². The minimum absolute atomic E-state index is 0.0179. The average Bonchev–Trinajstić information content (AvgIpc) is 2.30. The van der Waals surface area contributed by atoms with Gasteiger partial charge in [0.25, 0.3) is 0 Å². The third kappa shape index (κ3) is 3.86. The zero-order chi connectivity index (χ0) is 12.0. The third-order valence-corrected chi connectivity index (χ3v) is 2.33. The Bertz CT molecular complexity index is 288. The summed E-state index contributed by atoms with van der Waals surface area (Å²) in [4.78, 5) is 0. The molecule has 0 aliphatic carbocycles. The lowest BCUT2D eigenvalue weighted by molar-refractivity contribution is 0.232. The fraction of sp³-hybridized carbons (Fsp3) is 0.455. The van der Waals surface area contributed by atoms with E-state index < -0.39 is 0 Å². The summed E-state index contributed by atoms with van der Waals surface area (Å²) in [5.74, 6) is 1.09. The number of rotatable bonds is 3. The van der Waals surface area contributed by atoms with E-state index in [1.165, 1.54) is 0 Å². The molecule has 5 nitrogen and oxygen atoms in total. The van der Waals surface area contributed by atoms with Gasteiger partial charge in [0.2, 0.25) is 0 Å². The zero-order valence-corrected chi connectivity index (χ0v) is 9.37. The Morgan fingerprint density at radius 2 is 2.44 bits per heavy atom. The normalized spacial score (nSPS) is 25.7. The van der Waals surface area contributed by atoms with E-state index in [9.17, 15) is 5.11 Å². The van der Waals surface area contributed by atoms with E-state index in [4.69, 9.17) is 5.73 Å². The molecule has 16 heavy (non-hydrogen) atoms. The van der Waals surface area contributed by atoms with Crippen LogP contribution >= 0.6 is 0 Å². The monoisotopic (exact) mass is 224 g/mol. The Labute approximate surface area is 96.1 Å². The molecule has 6 N–H and O–H groups in total. The van der Waals surface area contributed by atoms with Crippen molar-refractivity contribution in [2.45, 2.75) is 18.5 Å². The van der Waals surface area contributed by atoms with Crippen LogP contribution in [0, 0.1) is 0 Å². The highest BCUT2D eigenvalue weighted by atomic mass is 16.3. The Morgan fingerprint density at radius 3 is 3.06 bits per heavy atom. The lowest BCUT2D eigenvalue weighted by atomic mass is 10.1. The van der Waals surface area contributed by atoms with E-state index in [0.29, 0.717) is 11.6 Å². The SMILES string of the molecule is C=C(N)N[C@@H]1C=CCCNC(=C)N[C@H]1CO. The van der Waals surface area contributed by atoms with Crippen molar-refractivity contribution in [3.05, 3.63) is 37.0 Å². The second-order valence-corrected chi connectivity index (χ2v) is 3.75. The molecular weight excluding hydrogens is 204 g/mol. The van der Waals surface area contributed by atoms with Crippen LogP contribution in [0.5, 0.6) is 0 Å². The molecule has 0 radical (unpaired) electrons. The summed E-state index contributed by atoms with van der Waals surface area (Å²) in [7, 11) is 0. The number of hydrogen-bond acceptors (Lipinski definition) is 5. The van der Waals surface area contributed by atoms with Crippen LogP contribution in [0.1, 0.15) is 6.42 Å². The molecule has 0 amide bonds.